The maximum absolute atomic E-state index is 13.5. The van der Waals surface area contributed by atoms with Crippen molar-refractivity contribution in [1.29, 1.82) is 0 Å². The van der Waals surface area contributed by atoms with Crippen molar-refractivity contribution in [2.45, 2.75) is 6.92 Å². The molecule has 0 fully saturated rings. The van der Waals surface area contributed by atoms with Crippen molar-refractivity contribution < 1.29 is 18.7 Å². The minimum absolute atomic E-state index is 0.0948. The van der Waals surface area contributed by atoms with Gasteiger partial charge in [0.15, 0.2) is 0 Å². The van der Waals surface area contributed by atoms with E-state index in [0.29, 0.717) is 15.4 Å². The molecule has 2 rings (SSSR count). The molecular weight excluding hydrogens is 295 g/mol. The van der Waals surface area contributed by atoms with E-state index < -0.39 is 17.7 Å². The Bertz CT molecular complexity index is 712. The van der Waals surface area contributed by atoms with Gasteiger partial charge >= 0.3 is 5.97 Å². The first-order valence-electron chi connectivity index (χ1n) is 5.98. The van der Waals surface area contributed by atoms with Crippen LogP contribution in [0.5, 0.6) is 0 Å². The second kappa shape index (κ2) is 5.92. The highest BCUT2D eigenvalue weighted by molar-refractivity contribution is 7.19. The summed E-state index contributed by atoms with van der Waals surface area (Å²) < 4.78 is 18.2. The number of nitrogens with one attached hydrogen (secondary N) is 1. The Balaban J connectivity index is 2.30. The van der Waals surface area contributed by atoms with Gasteiger partial charge in [-0.15, -0.1) is 11.3 Å². The van der Waals surface area contributed by atoms with Crippen LogP contribution >= 0.6 is 11.3 Å². The maximum Gasteiger partial charge on any atom is 0.348 e. The van der Waals surface area contributed by atoms with Crippen molar-refractivity contribution in [2.75, 3.05) is 18.2 Å². The fourth-order valence-corrected chi connectivity index (χ4v) is 2.76. The molecule has 7 heteroatoms. The van der Waals surface area contributed by atoms with Crippen LogP contribution in [0.15, 0.2) is 24.3 Å². The molecule has 0 saturated heterocycles. The van der Waals surface area contributed by atoms with Gasteiger partial charge in [-0.05, 0) is 24.6 Å². The fourth-order valence-electron chi connectivity index (χ4n) is 1.72. The molecule has 0 radical (unpaired) electrons. The van der Waals surface area contributed by atoms with Crippen molar-refractivity contribution in [3.63, 3.8) is 0 Å². The van der Waals surface area contributed by atoms with Crippen molar-refractivity contribution >= 4 is 33.9 Å². The highest BCUT2D eigenvalue weighted by Crippen LogP contribution is 2.36. The molecule has 1 aromatic carbocycles. The Morgan fingerprint density at radius 2 is 2.00 bits per heavy atom. The SMILES string of the molecule is COC(=O)c1sc(NC(=O)c2ccccc2F)c(N)c1C. The molecule has 0 spiro atoms. The summed E-state index contributed by atoms with van der Waals surface area (Å²) in [6, 6.07) is 5.60. The van der Waals surface area contributed by atoms with Crippen LogP contribution in [0, 0.1) is 12.7 Å². The van der Waals surface area contributed by atoms with Gasteiger partial charge in [0, 0.05) is 0 Å². The maximum atomic E-state index is 13.5. The Morgan fingerprint density at radius 1 is 1.33 bits per heavy atom. The van der Waals surface area contributed by atoms with Crippen molar-refractivity contribution in [3.05, 3.63) is 46.1 Å². The van der Waals surface area contributed by atoms with Crippen LogP contribution in [0.4, 0.5) is 15.1 Å². The summed E-state index contributed by atoms with van der Waals surface area (Å²) in [4.78, 5) is 23.9. The molecule has 5 nitrogen and oxygen atoms in total. The number of nitrogen functional groups attached to an aromatic ring is 1. The van der Waals surface area contributed by atoms with Gasteiger partial charge in [-0.1, -0.05) is 12.1 Å². The molecule has 3 N–H and O–H groups in total. The van der Waals surface area contributed by atoms with Crippen LogP contribution in [0.25, 0.3) is 0 Å². The Morgan fingerprint density at radius 3 is 2.62 bits per heavy atom. The largest absolute Gasteiger partial charge is 0.465 e. The third-order valence-corrected chi connectivity index (χ3v) is 4.11. The summed E-state index contributed by atoms with van der Waals surface area (Å²) in [5.41, 5.74) is 6.55. The number of rotatable bonds is 3. The van der Waals surface area contributed by atoms with E-state index in [-0.39, 0.29) is 11.3 Å². The molecule has 0 aliphatic carbocycles. The lowest BCUT2D eigenvalue weighted by molar-refractivity contribution is 0.0605. The number of ether oxygens (including phenoxy) is 1. The molecule has 1 amide bonds. The summed E-state index contributed by atoms with van der Waals surface area (Å²) in [6.45, 7) is 1.65. The number of anilines is 2. The lowest BCUT2D eigenvalue weighted by Crippen LogP contribution is -2.13. The van der Waals surface area contributed by atoms with E-state index in [1.165, 1.54) is 25.3 Å². The van der Waals surface area contributed by atoms with E-state index in [2.05, 4.69) is 10.1 Å². The number of amides is 1. The lowest BCUT2D eigenvalue weighted by Gasteiger charge is -2.04. The Hall–Kier alpha value is -2.41. The van der Waals surface area contributed by atoms with Crippen molar-refractivity contribution in [1.82, 2.24) is 0 Å². The van der Waals surface area contributed by atoms with E-state index in [0.717, 1.165) is 11.3 Å². The molecule has 1 heterocycles. The van der Waals surface area contributed by atoms with Gasteiger partial charge in [-0.3, -0.25) is 4.79 Å². The third kappa shape index (κ3) is 2.87. The normalized spacial score (nSPS) is 10.2. The Labute approximate surface area is 124 Å². The third-order valence-electron chi connectivity index (χ3n) is 2.91. The second-order valence-electron chi connectivity index (χ2n) is 4.22. The monoisotopic (exact) mass is 308 g/mol. The minimum atomic E-state index is -0.630. The first-order valence-corrected chi connectivity index (χ1v) is 6.80. The highest BCUT2D eigenvalue weighted by atomic mass is 32.1. The zero-order valence-corrected chi connectivity index (χ0v) is 12.2. The summed E-state index contributed by atoms with van der Waals surface area (Å²) in [6.07, 6.45) is 0. The van der Waals surface area contributed by atoms with Crippen LogP contribution in [0.1, 0.15) is 25.6 Å². The summed E-state index contributed by atoms with van der Waals surface area (Å²) >= 11 is 0.994. The molecule has 110 valence electrons. The Kier molecular flexibility index (Phi) is 4.23. The number of benzene rings is 1. The van der Waals surface area contributed by atoms with E-state index in [4.69, 9.17) is 5.73 Å². The molecule has 21 heavy (non-hydrogen) atoms. The molecule has 0 atom stereocenters. The number of hydrogen-bond donors (Lipinski definition) is 2. The van der Waals surface area contributed by atoms with E-state index in [1.54, 1.807) is 13.0 Å². The van der Waals surface area contributed by atoms with Gasteiger partial charge in [-0.25, -0.2) is 9.18 Å². The number of thiophene rings is 1. The van der Waals surface area contributed by atoms with Crippen LogP contribution in [0.3, 0.4) is 0 Å². The van der Waals surface area contributed by atoms with Gasteiger partial charge in [0.05, 0.1) is 18.4 Å². The molecule has 2 aromatic rings. The lowest BCUT2D eigenvalue weighted by atomic mass is 10.2. The number of halogens is 1. The number of carbonyl (C=O) groups excluding carboxylic acids is 2. The van der Waals surface area contributed by atoms with Crippen molar-refractivity contribution in [3.8, 4) is 0 Å². The fraction of sp³-hybridized carbons (Fsp3) is 0.143. The highest BCUT2D eigenvalue weighted by Gasteiger charge is 2.21. The van der Waals surface area contributed by atoms with Crippen LogP contribution in [-0.2, 0) is 4.74 Å². The molecule has 0 unspecified atom stereocenters. The van der Waals surface area contributed by atoms with Crippen LogP contribution in [0.2, 0.25) is 0 Å². The van der Waals surface area contributed by atoms with Gasteiger partial charge in [0.2, 0.25) is 0 Å². The quantitative estimate of drug-likeness (QED) is 0.854. The standard InChI is InChI=1S/C14H13FN2O3S/c1-7-10(16)13(21-11(7)14(19)20-2)17-12(18)8-5-3-4-6-9(8)15/h3-6H,16H2,1-2H3,(H,17,18). The zero-order chi connectivity index (χ0) is 15.6. The molecule has 0 aliphatic rings. The predicted octanol–water partition coefficient (Wildman–Crippen LogP) is 2.82. The van der Waals surface area contributed by atoms with Crippen LogP contribution in [-0.4, -0.2) is 19.0 Å². The first-order chi connectivity index (χ1) is 9.95. The second-order valence-corrected chi connectivity index (χ2v) is 5.25. The van der Waals surface area contributed by atoms with Gasteiger partial charge < -0.3 is 15.8 Å². The molecule has 0 saturated carbocycles. The molecular formula is C14H13FN2O3S. The molecule has 0 aliphatic heterocycles. The number of esters is 1. The van der Waals surface area contributed by atoms with E-state index in [9.17, 15) is 14.0 Å². The summed E-state index contributed by atoms with van der Waals surface area (Å²) in [5, 5.41) is 2.81. The summed E-state index contributed by atoms with van der Waals surface area (Å²) in [7, 11) is 1.26. The number of hydrogen-bond acceptors (Lipinski definition) is 5. The first kappa shape index (κ1) is 15.0. The van der Waals surface area contributed by atoms with Crippen LogP contribution < -0.4 is 11.1 Å². The van der Waals surface area contributed by atoms with Gasteiger partial charge in [-0.2, -0.15) is 0 Å². The van der Waals surface area contributed by atoms with E-state index in [1.807, 2.05) is 0 Å². The predicted molar refractivity (Wildman–Crippen MR) is 79.2 cm³/mol. The number of carbonyl (C=O) groups is 2. The number of nitrogens with two attached hydrogens (primary N) is 1. The molecule has 0 bridgehead atoms. The topological polar surface area (TPSA) is 81.4 Å². The zero-order valence-electron chi connectivity index (χ0n) is 11.4. The molecule has 1 aromatic heterocycles. The van der Waals surface area contributed by atoms with Gasteiger partial charge in [0.25, 0.3) is 5.91 Å². The smallest absolute Gasteiger partial charge is 0.348 e. The van der Waals surface area contributed by atoms with E-state index >= 15 is 0 Å². The van der Waals surface area contributed by atoms with Crippen molar-refractivity contribution in [2.24, 2.45) is 0 Å². The minimum Gasteiger partial charge on any atom is -0.465 e. The van der Waals surface area contributed by atoms with Gasteiger partial charge in [0.1, 0.15) is 15.7 Å². The number of methoxy groups -OCH3 is 1. The average molecular weight is 308 g/mol. The average Bonchev–Trinajstić information content (AvgIpc) is 2.75. The summed E-state index contributed by atoms with van der Waals surface area (Å²) in [5.74, 6) is -1.79.